The van der Waals surface area contributed by atoms with Gasteiger partial charge in [-0.15, -0.1) is 0 Å². The van der Waals surface area contributed by atoms with E-state index >= 15 is 0 Å². The third kappa shape index (κ3) is 4.08. The molecule has 0 radical (unpaired) electrons. The predicted molar refractivity (Wildman–Crippen MR) is 95.0 cm³/mol. The number of amides is 1. The normalized spacial score (nSPS) is 10.8. The molecule has 0 bridgehead atoms. The fraction of sp³-hybridized carbons (Fsp3) is 0.158. The maximum absolute atomic E-state index is 13.0. The highest BCUT2D eigenvalue weighted by atomic mass is 35.5. The Kier molecular flexibility index (Phi) is 5.32. The average Bonchev–Trinajstić information content (AvgIpc) is 2.90. The Morgan fingerprint density at radius 3 is 2.15 bits per heavy atom. The smallest absolute Gasteiger partial charge is 0.256 e. The van der Waals surface area contributed by atoms with Crippen molar-refractivity contribution in [2.45, 2.75) is 20.0 Å². The van der Waals surface area contributed by atoms with Gasteiger partial charge in [0.15, 0.2) is 0 Å². The number of rotatable bonds is 5. The molecular formula is C19H16ClF2N3O. The maximum atomic E-state index is 13.0. The van der Waals surface area contributed by atoms with Gasteiger partial charge < -0.3 is 5.32 Å². The molecular weight excluding hydrogens is 360 g/mol. The molecule has 0 saturated carbocycles. The lowest BCUT2D eigenvalue weighted by molar-refractivity contribution is 0.0950. The van der Waals surface area contributed by atoms with Crippen molar-refractivity contribution in [1.29, 1.82) is 0 Å². The predicted octanol–water partition coefficient (Wildman–Crippen LogP) is 4.10. The standard InChI is InChI=1S/C19H16ClF2N3O/c1-12-17(19(26)23-10-13-2-6-15(21)7-3-13)18(20)25(24-12)11-14-4-8-16(22)9-5-14/h2-9H,10-11H2,1H3,(H,23,26). The second-order valence-electron chi connectivity index (χ2n) is 5.84. The van der Waals surface area contributed by atoms with E-state index in [0.717, 1.165) is 11.1 Å². The van der Waals surface area contributed by atoms with Crippen molar-refractivity contribution in [1.82, 2.24) is 15.1 Å². The molecule has 4 nitrogen and oxygen atoms in total. The Morgan fingerprint density at radius 1 is 1.04 bits per heavy atom. The first-order chi connectivity index (χ1) is 12.4. The van der Waals surface area contributed by atoms with Gasteiger partial charge in [0.25, 0.3) is 5.91 Å². The van der Waals surface area contributed by atoms with E-state index in [-0.39, 0.29) is 34.8 Å². The Balaban J connectivity index is 1.73. The van der Waals surface area contributed by atoms with Crippen LogP contribution in [0.1, 0.15) is 27.2 Å². The number of nitrogens with zero attached hydrogens (tertiary/aromatic N) is 2. The summed E-state index contributed by atoms with van der Waals surface area (Å²) in [6.07, 6.45) is 0. The van der Waals surface area contributed by atoms with Crippen LogP contribution in [0.2, 0.25) is 5.15 Å². The first-order valence-electron chi connectivity index (χ1n) is 7.94. The molecule has 3 aromatic rings. The van der Waals surface area contributed by atoms with Gasteiger partial charge in [-0.05, 0) is 42.3 Å². The van der Waals surface area contributed by atoms with Gasteiger partial charge in [-0.25, -0.2) is 13.5 Å². The lowest BCUT2D eigenvalue weighted by Gasteiger charge is -2.06. The summed E-state index contributed by atoms with van der Waals surface area (Å²) in [5.74, 6) is -1.01. The number of carbonyl (C=O) groups is 1. The zero-order valence-corrected chi connectivity index (χ0v) is 14.7. The second-order valence-corrected chi connectivity index (χ2v) is 6.20. The van der Waals surface area contributed by atoms with E-state index in [1.165, 1.54) is 28.9 Å². The molecule has 0 saturated heterocycles. The topological polar surface area (TPSA) is 46.9 Å². The van der Waals surface area contributed by atoms with Crippen molar-refractivity contribution in [3.8, 4) is 0 Å². The van der Waals surface area contributed by atoms with Crippen molar-refractivity contribution < 1.29 is 13.6 Å². The third-order valence-corrected chi connectivity index (χ3v) is 4.29. The van der Waals surface area contributed by atoms with Crippen LogP contribution >= 0.6 is 11.6 Å². The fourth-order valence-electron chi connectivity index (χ4n) is 2.55. The van der Waals surface area contributed by atoms with Crippen molar-refractivity contribution >= 4 is 17.5 Å². The van der Waals surface area contributed by atoms with Crippen LogP contribution in [0.15, 0.2) is 48.5 Å². The number of hydrogen-bond donors (Lipinski definition) is 1. The molecule has 2 aromatic carbocycles. The Labute approximate surface area is 154 Å². The van der Waals surface area contributed by atoms with Crippen LogP contribution < -0.4 is 5.32 Å². The molecule has 3 rings (SSSR count). The summed E-state index contributed by atoms with van der Waals surface area (Å²) < 4.78 is 27.4. The average molecular weight is 376 g/mol. The molecule has 134 valence electrons. The van der Waals surface area contributed by atoms with Crippen LogP contribution in [-0.2, 0) is 13.1 Å². The molecule has 1 aromatic heterocycles. The molecule has 0 fully saturated rings. The molecule has 1 amide bonds. The molecule has 0 aliphatic heterocycles. The van der Waals surface area contributed by atoms with E-state index < -0.39 is 0 Å². The molecule has 26 heavy (non-hydrogen) atoms. The number of aryl methyl sites for hydroxylation is 1. The van der Waals surface area contributed by atoms with Gasteiger partial charge in [0.1, 0.15) is 16.8 Å². The number of nitrogens with one attached hydrogen (secondary N) is 1. The van der Waals surface area contributed by atoms with Gasteiger partial charge in [-0.1, -0.05) is 35.9 Å². The summed E-state index contributed by atoms with van der Waals surface area (Å²) >= 11 is 6.32. The van der Waals surface area contributed by atoms with Gasteiger partial charge in [0, 0.05) is 6.54 Å². The van der Waals surface area contributed by atoms with Crippen LogP contribution in [-0.4, -0.2) is 15.7 Å². The summed E-state index contributed by atoms with van der Waals surface area (Å²) in [6, 6.07) is 11.9. The van der Waals surface area contributed by atoms with Crippen LogP contribution in [0.4, 0.5) is 8.78 Å². The molecule has 0 aliphatic rings. The van der Waals surface area contributed by atoms with Gasteiger partial charge >= 0.3 is 0 Å². The van der Waals surface area contributed by atoms with E-state index in [2.05, 4.69) is 10.4 Å². The summed E-state index contributed by atoms with van der Waals surface area (Å²) in [5, 5.41) is 7.26. The minimum absolute atomic E-state index is 0.212. The summed E-state index contributed by atoms with van der Waals surface area (Å²) in [6.45, 7) is 2.27. The number of benzene rings is 2. The van der Waals surface area contributed by atoms with Crippen molar-refractivity contribution in [3.05, 3.63) is 87.7 Å². The number of aromatic nitrogens is 2. The number of halogens is 3. The van der Waals surface area contributed by atoms with Crippen LogP contribution in [0.3, 0.4) is 0 Å². The van der Waals surface area contributed by atoms with E-state index in [9.17, 15) is 13.6 Å². The first kappa shape index (κ1) is 18.1. The SMILES string of the molecule is Cc1nn(Cc2ccc(F)cc2)c(Cl)c1C(=O)NCc1ccc(F)cc1. The van der Waals surface area contributed by atoms with Crippen LogP contribution in [0.25, 0.3) is 0 Å². The molecule has 0 aliphatic carbocycles. The number of hydrogen-bond acceptors (Lipinski definition) is 2. The minimum Gasteiger partial charge on any atom is -0.348 e. The summed E-state index contributed by atoms with van der Waals surface area (Å²) in [5.41, 5.74) is 2.37. The molecule has 7 heteroatoms. The summed E-state index contributed by atoms with van der Waals surface area (Å²) in [4.78, 5) is 12.5. The Morgan fingerprint density at radius 2 is 1.58 bits per heavy atom. The molecule has 0 spiro atoms. The van der Waals surface area contributed by atoms with E-state index in [1.54, 1.807) is 31.2 Å². The van der Waals surface area contributed by atoms with Crippen molar-refractivity contribution in [2.24, 2.45) is 0 Å². The van der Waals surface area contributed by atoms with Crippen LogP contribution in [0, 0.1) is 18.6 Å². The van der Waals surface area contributed by atoms with E-state index in [4.69, 9.17) is 11.6 Å². The fourth-order valence-corrected chi connectivity index (χ4v) is 2.87. The Bertz CT molecular complexity index is 921. The van der Waals surface area contributed by atoms with E-state index in [0.29, 0.717) is 12.2 Å². The zero-order chi connectivity index (χ0) is 18.7. The van der Waals surface area contributed by atoms with Gasteiger partial charge in [0.05, 0.1) is 17.8 Å². The second kappa shape index (κ2) is 7.66. The van der Waals surface area contributed by atoms with Gasteiger partial charge in [0.2, 0.25) is 0 Å². The lowest BCUT2D eigenvalue weighted by atomic mass is 10.2. The monoisotopic (exact) mass is 375 g/mol. The quantitative estimate of drug-likeness (QED) is 0.729. The van der Waals surface area contributed by atoms with Gasteiger partial charge in [-0.3, -0.25) is 4.79 Å². The third-order valence-electron chi connectivity index (χ3n) is 3.90. The van der Waals surface area contributed by atoms with Crippen molar-refractivity contribution in [3.63, 3.8) is 0 Å². The molecule has 0 unspecified atom stereocenters. The largest absolute Gasteiger partial charge is 0.348 e. The highest BCUT2D eigenvalue weighted by Gasteiger charge is 2.20. The highest BCUT2D eigenvalue weighted by Crippen LogP contribution is 2.21. The van der Waals surface area contributed by atoms with E-state index in [1.807, 2.05) is 0 Å². The van der Waals surface area contributed by atoms with Gasteiger partial charge in [-0.2, -0.15) is 5.10 Å². The summed E-state index contributed by atoms with van der Waals surface area (Å²) in [7, 11) is 0. The Hall–Kier alpha value is -2.73. The lowest BCUT2D eigenvalue weighted by Crippen LogP contribution is -2.23. The molecule has 0 atom stereocenters. The van der Waals surface area contributed by atoms with Crippen LogP contribution in [0.5, 0.6) is 0 Å². The van der Waals surface area contributed by atoms with Crippen molar-refractivity contribution in [2.75, 3.05) is 0 Å². The maximum Gasteiger partial charge on any atom is 0.256 e. The zero-order valence-electron chi connectivity index (χ0n) is 14.0. The first-order valence-corrected chi connectivity index (χ1v) is 8.32. The minimum atomic E-state index is -0.359. The highest BCUT2D eigenvalue weighted by molar-refractivity contribution is 6.33. The molecule has 1 heterocycles. The number of carbonyl (C=O) groups excluding carboxylic acids is 1. The molecule has 1 N–H and O–H groups in total.